The molecule has 1 atom stereocenters. The Kier molecular flexibility index (Phi) is 5.49. The molecule has 0 aliphatic heterocycles. The SMILES string of the molecule is Cc1ccc(C(C)NCCCNC(=N)N)cc1. The Hall–Kier alpha value is -1.55. The summed E-state index contributed by atoms with van der Waals surface area (Å²) >= 11 is 0. The third-order valence-corrected chi connectivity index (χ3v) is 2.70. The summed E-state index contributed by atoms with van der Waals surface area (Å²) in [6, 6.07) is 8.92. The molecule has 17 heavy (non-hydrogen) atoms. The molecule has 0 spiro atoms. The van der Waals surface area contributed by atoms with Gasteiger partial charge in [-0.2, -0.15) is 0 Å². The Morgan fingerprint density at radius 3 is 2.53 bits per heavy atom. The highest BCUT2D eigenvalue weighted by atomic mass is 15.0. The number of benzene rings is 1. The van der Waals surface area contributed by atoms with Crippen LogP contribution in [0.15, 0.2) is 24.3 Å². The van der Waals surface area contributed by atoms with E-state index >= 15 is 0 Å². The third kappa shape index (κ3) is 5.36. The lowest BCUT2D eigenvalue weighted by Gasteiger charge is -2.14. The van der Waals surface area contributed by atoms with Crippen LogP contribution in [0, 0.1) is 12.3 Å². The molecule has 0 amide bonds. The first-order chi connectivity index (χ1) is 8.09. The highest BCUT2D eigenvalue weighted by Crippen LogP contribution is 2.12. The van der Waals surface area contributed by atoms with Gasteiger partial charge in [-0.3, -0.25) is 5.41 Å². The van der Waals surface area contributed by atoms with E-state index in [4.69, 9.17) is 11.1 Å². The Balaban J connectivity index is 2.23. The van der Waals surface area contributed by atoms with Gasteiger partial charge in [0.15, 0.2) is 5.96 Å². The lowest BCUT2D eigenvalue weighted by molar-refractivity contribution is 0.555. The van der Waals surface area contributed by atoms with Gasteiger partial charge in [-0.15, -0.1) is 0 Å². The minimum atomic E-state index is 0.0385. The Morgan fingerprint density at radius 2 is 1.94 bits per heavy atom. The van der Waals surface area contributed by atoms with Crippen molar-refractivity contribution in [2.75, 3.05) is 13.1 Å². The van der Waals surface area contributed by atoms with Crippen molar-refractivity contribution in [1.82, 2.24) is 10.6 Å². The molecule has 0 saturated heterocycles. The molecule has 1 aromatic rings. The Labute approximate surface area is 103 Å². The molecule has 1 aromatic carbocycles. The van der Waals surface area contributed by atoms with Crippen molar-refractivity contribution >= 4 is 5.96 Å². The maximum Gasteiger partial charge on any atom is 0.185 e. The van der Waals surface area contributed by atoms with E-state index in [1.54, 1.807) is 0 Å². The molecular formula is C13H22N4. The second-order valence-corrected chi connectivity index (χ2v) is 4.28. The summed E-state index contributed by atoms with van der Waals surface area (Å²) in [6.45, 7) is 5.90. The van der Waals surface area contributed by atoms with Gasteiger partial charge in [0.1, 0.15) is 0 Å². The summed E-state index contributed by atoms with van der Waals surface area (Å²) in [4.78, 5) is 0. The molecule has 1 unspecified atom stereocenters. The molecule has 5 N–H and O–H groups in total. The molecule has 94 valence electrons. The van der Waals surface area contributed by atoms with E-state index in [1.807, 2.05) is 0 Å². The highest BCUT2D eigenvalue weighted by molar-refractivity contribution is 5.74. The summed E-state index contributed by atoms with van der Waals surface area (Å²) in [7, 11) is 0. The van der Waals surface area contributed by atoms with Crippen molar-refractivity contribution in [3.63, 3.8) is 0 Å². The fourth-order valence-corrected chi connectivity index (χ4v) is 1.60. The zero-order valence-electron chi connectivity index (χ0n) is 10.6. The van der Waals surface area contributed by atoms with Crippen LogP contribution in [0.2, 0.25) is 0 Å². The van der Waals surface area contributed by atoms with Crippen molar-refractivity contribution in [2.45, 2.75) is 26.3 Å². The van der Waals surface area contributed by atoms with Crippen LogP contribution in [0.4, 0.5) is 0 Å². The van der Waals surface area contributed by atoms with Crippen LogP contribution in [-0.4, -0.2) is 19.0 Å². The van der Waals surface area contributed by atoms with Gasteiger partial charge >= 0.3 is 0 Å². The Bertz CT molecular complexity index is 345. The standard InChI is InChI=1S/C13H22N4/c1-10-4-6-12(7-5-10)11(2)16-8-3-9-17-13(14)15/h4-7,11,16H,3,8-9H2,1-2H3,(H4,14,15,17). The predicted octanol–water partition coefficient (Wildman–Crippen LogP) is 1.52. The van der Waals surface area contributed by atoms with Gasteiger partial charge in [-0.05, 0) is 32.4 Å². The van der Waals surface area contributed by atoms with Gasteiger partial charge in [-0.25, -0.2) is 0 Å². The van der Waals surface area contributed by atoms with Gasteiger partial charge in [0.05, 0.1) is 0 Å². The normalized spacial score (nSPS) is 12.1. The predicted molar refractivity (Wildman–Crippen MR) is 72.1 cm³/mol. The van der Waals surface area contributed by atoms with Crippen molar-refractivity contribution in [1.29, 1.82) is 5.41 Å². The van der Waals surface area contributed by atoms with Crippen molar-refractivity contribution < 1.29 is 0 Å². The van der Waals surface area contributed by atoms with Crippen molar-refractivity contribution in [3.8, 4) is 0 Å². The topological polar surface area (TPSA) is 73.9 Å². The summed E-state index contributed by atoms with van der Waals surface area (Å²) in [5.74, 6) is 0.0385. The number of hydrogen-bond donors (Lipinski definition) is 4. The second-order valence-electron chi connectivity index (χ2n) is 4.28. The molecular weight excluding hydrogens is 212 g/mol. The largest absolute Gasteiger partial charge is 0.370 e. The molecule has 0 radical (unpaired) electrons. The van der Waals surface area contributed by atoms with Gasteiger partial charge in [0, 0.05) is 12.6 Å². The zero-order valence-corrected chi connectivity index (χ0v) is 10.6. The van der Waals surface area contributed by atoms with Crippen LogP contribution in [0.25, 0.3) is 0 Å². The van der Waals surface area contributed by atoms with Crippen LogP contribution < -0.4 is 16.4 Å². The Morgan fingerprint density at radius 1 is 1.29 bits per heavy atom. The molecule has 0 heterocycles. The summed E-state index contributed by atoms with van der Waals surface area (Å²) in [6.07, 6.45) is 0.954. The van der Waals surface area contributed by atoms with Crippen LogP contribution in [0.5, 0.6) is 0 Å². The van der Waals surface area contributed by atoms with Crippen LogP contribution >= 0.6 is 0 Å². The first kappa shape index (κ1) is 13.5. The maximum atomic E-state index is 7.02. The van der Waals surface area contributed by atoms with Gasteiger partial charge in [-0.1, -0.05) is 29.8 Å². The average Bonchev–Trinajstić information content (AvgIpc) is 2.29. The lowest BCUT2D eigenvalue weighted by Crippen LogP contribution is -2.32. The van der Waals surface area contributed by atoms with E-state index in [0.717, 1.165) is 19.5 Å². The molecule has 0 aliphatic rings. The van der Waals surface area contributed by atoms with E-state index in [9.17, 15) is 0 Å². The molecule has 0 saturated carbocycles. The van der Waals surface area contributed by atoms with Gasteiger partial charge in [0.25, 0.3) is 0 Å². The molecule has 0 fully saturated rings. The summed E-state index contributed by atoms with van der Waals surface area (Å²) in [5.41, 5.74) is 7.78. The minimum absolute atomic E-state index is 0.0385. The fraction of sp³-hybridized carbons (Fsp3) is 0.462. The summed E-state index contributed by atoms with van der Waals surface area (Å²) < 4.78 is 0. The second kappa shape index (κ2) is 6.91. The molecule has 1 rings (SSSR count). The van der Waals surface area contributed by atoms with Crippen molar-refractivity contribution in [3.05, 3.63) is 35.4 Å². The number of guanidine groups is 1. The van der Waals surface area contributed by atoms with Gasteiger partial charge < -0.3 is 16.4 Å². The van der Waals surface area contributed by atoms with E-state index < -0.39 is 0 Å². The third-order valence-electron chi connectivity index (χ3n) is 2.70. The number of nitrogens with two attached hydrogens (primary N) is 1. The van der Waals surface area contributed by atoms with E-state index in [0.29, 0.717) is 6.04 Å². The molecule has 4 heteroatoms. The van der Waals surface area contributed by atoms with E-state index in [1.165, 1.54) is 11.1 Å². The number of nitrogens with one attached hydrogen (secondary N) is 3. The lowest BCUT2D eigenvalue weighted by atomic mass is 10.1. The van der Waals surface area contributed by atoms with E-state index in [-0.39, 0.29) is 5.96 Å². The minimum Gasteiger partial charge on any atom is -0.370 e. The van der Waals surface area contributed by atoms with Crippen LogP contribution in [0.3, 0.4) is 0 Å². The van der Waals surface area contributed by atoms with Gasteiger partial charge in [0.2, 0.25) is 0 Å². The molecule has 4 nitrogen and oxygen atoms in total. The maximum absolute atomic E-state index is 7.02. The van der Waals surface area contributed by atoms with Crippen molar-refractivity contribution in [2.24, 2.45) is 5.73 Å². The number of aryl methyl sites for hydroxylation is 1. The average molecular weight is 234 g/mol. The molecule has 0 aromatic heterocycles. The zero-order chi connectivity index (χ0) is 12.7. The van der Waals surface area contributed by atoms with E-state index in [2.05, 4.69) is 48.7 Å². The molecule has 0 aliphatic carbocycles. The first-order valence-corrected chi connectivity index (χ1v) is 5.97. The van der Waals surface area contributed by atoms with Crippen LogP contribution in [0.1, 0.15) is 30.5 Å². The smallest absolute Gasteiger partial charge is 0.185 e. The highest BCUT2D eigenvalue weighted by Gasteiger charge is 2.03. The fourth-order valence-electron chi connectivity index (χ4n) is 1.60. The molecule has 0 bridgehead atoms. The van der Waals surface area contributed by atoms with Crippen LogP contribution in [-0.2, 0) is 0 Å². The quantitative estimate of drug-likeness (QED) is 0.342. The summed E-state index contributed by atoms with van der Waals surface area (Å²) in [5, 5.41) is 13.2. The first-order valence-electron chi connectivity index (χ1n) is 5.97. The monoisotopic (exact) mass is 234 g/mol. The number of rotatable bonds is 6. The number of hydrogen-bond acceptors (Lipinski definition) is 2.